The molecule has 1 aromatic rings. The molecular formula is C23H36Cl2FNOSi. The van der Waals surface area contributed by atoms with Crippen molar-refractivity contribution in [3.63, 3.8) is 0 Å². The van der Waals surface area contributed by atoms with Crippen LogP contribution in [0.25, 0.3) is 0 Å². The molecule has 0 radical (unpaired) electrons. The number of hydrogen-bond acceptors (Lipinski definition) is 2. The first-order valence-corrected chi connectivity index (χ1v) is 14.6. The average Bonchev–Trinajstić information content (AvgIpc) is 2.90. The largest absolute Gasteiger partial charge is 0.410 e. The maximum Gasteiger partial charge on any atom is 0.192 e. The van der Waals surface area contributed by atoms with E-state index in [2.05, 4.69) is 32.7 Å². The first-order valence-electron chi connectivity index (χ1n) is 11.4. The van der Waals surface area contributed by atoms with Gasteiger partial charge in [0.2, 0.25) is 0 Å². The molecule has 0 amide bonds. The van der Waals surface area contributed by atoms with E-state index < -0.39 is 8.32 Å². The summed E-state index contributed by atoms with van der Waals surface area (Å²) in [5, 5.41) is 0.796. The van der Waals surface area contributed by atoms with Gasteiger partial charge in [0, 0.05) is 17.6 Å². The SMILES string of the molecule is CC[Si](CC)(CC)OC(CCC1CC2CCC(C1)N2C)c1c(Cl)cc(F)cc1Cl. The van der Waals surface area contributed by atoms with E-state index in [0.717, 1.165) is 54.5 Å². The van der Waals surface area contributed by atoms with E-state index in [4.69, 9.17) is 27.6 Å². The van der Waals surface area contributed by atoms with Crippen LogP contribution >= 0.6 is 23.2 Å². The van der Waals surface area contributed by atoms with Crippen LogP contribution in [0.5, 0.6) is 0 Å². The Hall–Kier alpha value is -0.133. The highest BCUT2D eigenvalue weighted by molar-refractivity contribution is 6.73. The van der Waals surface area contributed by atoms with Crippen LogP contribution in [0.15, 0.2) is 12.1 Å². The van der Waals surface area contributed by atoms with E-state index in [1.165, 1.54) is 37.8 Å². The highest BCUT2D eigenvalue weighted by atomic mass is 35.5. The average molecular weight is 461 g/mol. The van der Waals surface area contributed by atoms with Gasteiger partial charge in [-0.05, 0) is 81.8 Å². The van der Waals surface area contributed by atoms with E-state index >= 15 is 0 Å². The monoisotopic (exact) mass is 459 g/mol. The first-order chi connectivity index (χ1) is 13.8. The van der Waals surface area contributed by atoms with Crippen LogP contribution < -0.4 is 0 Å². The Labute approximate surface area is 187 Å². The van der Waals surface area contributed by atoms with Crippen LogP contribution in [-0.4, -0.2) is 32.3 Å². The van der Waals surface area contributed by atoms with Gasteiger partial charge in [0.05, 0.1) is 16.1 Å². The third kappa shape index (κ3) is 5.20. The lowest BCUT2D eigenvalue weighted by atomic mass is 9.86. The van der Waals surface area contributed by atoms with Crippen molar-refractivity contribution in [2.75, 3.05) is 7.05 Å². The third-order valence-electron chi connectivity index (χ3n) is 7.72. The van der Waals surface area contributed by atoms with Crippen LogP contribution in [0.1, 0.15) is 71.0 Å². The van der Waals surface area contributed by atoms with Crippen LogP contribution in [0.4, 0.5) is 4.39 Å². The zero-order valence-electron chi connectivity index (χ0n) is 18.3. The fraction of sp³-hybridized carbons (Fsp3) is 0.739. The number of hydrogen-bond donors (Lipinski definition) is 0. The second-order valence-electron chi connectivity index (χ2n) is 9.10. The van der Waals surface area contributed by atoms with Crippen LogP contribution in [0, 0.1) is 11.7 Å². The topological polar surface area (TPSA) is 12.5 Å². The highest BCUT2D eigenvalue weighted by Gasteiger charge is 2.39. The molecule has 2 nitrogen and oxygen atoms in total. The summed E-state index contributed by atoms with van der Waals surface area (Å²) >= 11 is 13.0. The minimum atomic E-state index is -1.85. The molecule has 3 unspecified atom stereocenters. The quantitative estimate of drug-likeness (QED) is 0.348. The molecule has 2 heterocycles. The van der Waals surface area contributed by atoms with Crippen LogP contribution in [0.3, 0.4) is 0 Å². The van der Waals surface area contributed by atoms with Crippen LogP contribution in [-0.2, 0) is 4.43 Å². The van der Waals surface area contributed by atoms with E-state index in [9.17, 15) is 4.39 Å². The third-order valence-corrected chi connectivity index (χ3v) is 13.0. The van der Waals surface area contributed by atoms with E-state index in [0.29, 0.717) is 10.0 Å². The molecule has 0 aromatic heterocycles. The predicted molar refractivity (Wildman–Crippen MR) is 124 cm³/mol. The zero-order valence-corrected chi connectivity index (χ0v) is 20.8. The lowest BCUT2D eigenvalue weighted by molar-refractivity contribution is 0.111. The summed E-state index contributed by atoms with van der Waals surface area (Å²) in [5.41, 5.74) is 0.790. The Morgan fingerprint density at radius 1 is 1.07 bits per heavy atom. The summed E-state index contributed by atoms with van der Waals surface area (Å²) in [6.45, 7) is 6.70. The van der Waals surface area contributed by atoms with Gasteiger partial charge >= 0.3 is 0 Å². The number of rotatable bonds is 9. The molecule has 2 aliphatic heterocycles. The molecule has 2 fully saturated rings. The van der Waals surface area contributed by atoms with Crippen molar-refractivity contribution in [2.24, 2.45) is 5.92 Å². The smallest absolute Gasteiger partial charge is 0.192 e. The minimum absolute atomic E-state index is 0.139. The van der Waals surface area contributed by atoms with Crippen molar-refractivity contribution in [3.05, 3.63) is 33.6 Å². The molecule has 3 rings (SSSR count). The Morgan fingerprint density at radius 2 is 1.59 bits per heavy atom. The van der Waals surface area contributed by atoms with Gasteiger partial charge in [-0.2, -0.15) is 0 Å². The maximum absolute atomic E-state index is 13.8. The van der Waals surface area contributed by atoms with Crippen molar-refractivity contribution < 1.29 is 8.82 Å². The fourth-order valence-corrected chi connectivity index (χ4v) is 9.11. The number of nitrogens with zero attached hydrogens (tertiary/aromatic N) is 1. The molecule has 0 aliphatic carbocycles. The van der Waals surface area contributed by atoms with E-state index in [1.807, 2.05) is 0 Å². The Morgan fingerprint density at radius 3 is 2.07 bits per heavy atom. The summed E-state index contributed by atoms with van der Waals surface area (Å²) < 4.78 is 20.7. The van der Waals surface area contributed by atoms with Gasteiger partial charge in [-0.15, -0.1) is 0 Å². The van der Waals surface area contributed by atoms with Gasteiger partial charge in [-0.25, -0.2) is 4.39 Å². The molecule has 1 aromatic carbocycles. The second-order valence-corrected chi connectivity index (χ2v) is 14.6. The maximum atomic E-state index is 13.8. The van der Waals surface area contributed by atoms with Crippen molar-refractivity contribution >= 4 is 31.5 Å². The first kappa shape index (κ1) is 23.5. The van der Waals surface area contributed by atoms with Crippen molar-refractivity contribution in [2.45, 2.75) is 95.6 Å². The van der Waals surface area contributed by atoms with Crippen molar-refractivity contribution in [1.29, 1.82) is 0 Å². The number of fused-ring (bicyclic) bond motifs is 2. The molecule has 2 bridgehead atoms. The molecule has 2 aliphatic rings. The Balaban J connectivity index is 1.80. The molecule has 0 saturated carbocycles. The Bertz CT molecular complexity index is 654. The van der Waals surface area contributed by atoms with Crippen LogP contribution in [0.2, 0.25) is 28.2 Å². The predicted octanol–water partition coefficient (Wildman–Crippen LogP) is 7.85. The minimum Gasteiger partial charge on any atom is -0.410 e. The Kier molecular flexibility index (Phi) is 8.11. The molecule has 2 saturated heterocycles. The van der Waals surface area contributed by atoms with Gasteiger partial charge in [0.15, 0.2) is 8.32 Å². The standard InChI is InChI=1S/C23H36Cl2FNOSi/c1-5-29(6-2,7-3)28-22(23-20(24)14-17(26)15-21(23)25)11-8-16-12-18-9-10-19(13-16)27(18)4/h14-16,18-19,22H,5-13H2,1-4H3. The molecule has 29 heavy (non-hydrogen) atoms. The summed E-state index contributed by atoms with van der Waals surface area (Å²) in [6.07, 6.45) is 7.13. The van der Waals surface area contributed by atoms with E-state index in [-0.39, 0.29) is 11.9 Å². The van der Waals surface area contributed by atoms with Gasteiger partial charge in [0.1, 0.15) is 5.82 Å². The molecular weight excluding hydrogens is 424 g/mol. The molecule has 3 atom stereocenters. The molecule has 0 spiro atoms. The van der Waals surface area contributed by atoms with Gasteiger partial charge in [-0.1, -0.05) is 44.0 Å². The summed E-state index contributed by atoms with van der Waals surface area (Å²) in [7, 11) is 0.430. The summed E-state index contributed by atoms with van der Waals surface area (Å²) in [4.78, 5) is 2.58. The number of halogens is 3. The molecule has 0 N–H and O–H groups in total. The number of piperidine rings is 1. The fourth-order valence-electron chi connectivity index (χ4n) is 5.57. The summed E-state index contributed by atoms with van der Waals surface area (Å²) in [5.74, 6) is 0.341. The second kappa shape index (κ2) is 9.99. The summed E-state index contributed by atoms with van der Waals surface area (Å²) in [6, 6.07) is 7.46. The zero-order chi connectivity index (χ0) is 21.2. The number of benzene rings is 1. The van der Waals surface area contributed by atoms with Gasteiger partial charge < -0.3 is 9.33 Å². The van der Waals surface area contributed by atoms with Crippen molar-refractivity contribution in [3.8, 4) is 0 Å². The van der Waals surface area contributed by atoms with Gasteiger partial charge in [-0.3, -0.25) is 0 Å². The highest BCUT2D eigenvalue weighted by Crippen LogP contribution is 2.43. The van der Waals surface area contributed by atoms with E-state index in [1.54, 1.807) is 0 Å². The van der Waals surface area contributed by atoms with Crippen molar-refractivity contribution in [1.82, 2.24) is 4.90 Å². The lowest BCUT2D eigenvalue weighted by Gasteiger charge is -2.38. The molecule has 6 heteroatoms. The van der Waals surface area contributed by atoms with Gasteiger partial charge in [0.25, 0.3) is 0 Å². The molecule has 164 valence electrons. The lowest BCUT2D eigenvalue weighted by Crippen LogP contribution is -2.40. The normalized spacial score (nSPS) is 26.1.